The summed E-state index contributed by atoms with van der Waals surface area (Å²) < 4.78 is 4.62. The summed E-state index contributed by atoms with van der Waals surface area (Å²) in [7, 11) is 0. The first kappa shape index (κ1) is 9.09. The fourth-order valence-electron chi connectivity index (χ4n) is 0.327. The van der Waals surface area contributed by atoms with Gasteiger partial charge in [-0.2, -0.15) is 0 Å². The van der Waals surface area contributed by atoms with E-state index in [0.717, 1.165) is 12.0 Å². The summed E-state index contributed by atoms with van der Waals surface area (Å²) in [5.41, 5.74) is 4.78. The maximum Gasteiger partial charge on any atom is 0.249 e. The molecule has 58 valence electrons. The molecule has 5 nitrogen and oxygen atoms in total. The molecule has 0 atom stereocenters. The van der Waals surface area contributed by atoms with Crippen molar-refractivity contribution in [2.45, 2.75) is 6.42 Å². The molecule has 1 amide bonds. The molecule has 0 heterocycles. The topological polar surface area (TPSA) is 84.9 Å². The molecule has 0 aromatic carbocycles. The highest BCUT2D eigenvalue weighted by Gasteiger charge is 2.04. The molecule has 0 rings (SSSR count). The highest BCUT2D eigenvalue weighted by Crippen LogP contribution is 1.99. The molecule has 0 unspecified atom stereocenters. The first-order chi connectivity index (χ1) is 4.70. The summed E-state index contributed by atoms with van der Waals surface area (Å²) >= 11 is 0.978. The lowest BCUT2D eigenvalue weighted by atomic mass is 10.4. The van der Waals surface area contributed by atoms with Crippen LogP contribution in [-0.2, 0) is 8.98 Å². The van der Waals surface area contributed by atoms with E-state index in [4.69, 9.17) is 10.9 Å². The summed E-state index contributed by atoms with van der Waals surface area (Å²) in [4.78, 5) is 10.2. The molecule has 0 aliphatic heterocycles. The van der Waals surface area contributed by atoms with Gasteiger partial charge in [0, 0.05) is 6.26 Å². The molecule has 10 heavy (non-hydrogen) atoms. The molecular weight excluding hydrogens is 156 g/mol. The Morgan fingerprint density at radius 3 is 2.80 bits per heavy atom. The van der Waals surface area contributed by atoms with Crippen LogP contribution in [0.3, 0.4) is 0 Å². The Morgan fingerprint density at radius 2 is 2.50 bits per heavy atom. The van der Waals surface area contributed by atoms with E-state index in [0.29, 0.717) is 0 Å². The normalized spacial score (nSPS) is 11.1. The van der Waals surface area contributed by atoms with Crippen LogP contribution < -0.4 is 5.73 Å². The molecule has 3 N–H and O–H groups in total. The van der Waals surface area contributed by atoms with Gasteiger partial charge in [-0.15, -0.1) is 0 Å². The number of carbonyl (C=O) groups excluding carboxylic acids is 1. The van der Waals surface area contributed by atoms with Crippen molar-refractivity contribution in [2.75, 3.05) is 6.26 Å². The summed E-state index contributed by atoms with van der Waals surface area (Å²) in [5, 5.41) is 10.8. The average Bonchev–Trinajstić information content (AvgIpc) is 1.86. The van der Waals surface area contributed by atoms with Crippen LogP contribution >= 0.6 is 12.0 Å². The molecular formula is C4H8N2O3S. The maximum atomic E-state index is 10.2. The molecule has 0 saturated heterocycles. The van der Waals surface area contributed by atoms with E-state index in [1.54, 1.807) is 6.26 Å². The number of nitrogens with zero attached hydrogens (tertiary/aromatic N) is 1. The van der Waals surface area contributed by atoms with Crippen LogP contribution in [0.25, 0.3) is 0 Å². The van der Waals surface area contributed by atoms with Crippen molar-refractivity contribution in [3.63, 3.8) is 0 Å². The standard InChI is InChI=1S/C4H8N2O3S/c1-10-9-4(6-8)2-3(5)7/h8H,2H2,1H3,(H2,5,7). The highest BCUT2D eigenvalue weighted by molar-refractivity contribution is 7.94. The number of oxime groups is 1. The van der Waals surface area contributed by atoms with Gasteiger partial charge in [-0.3, -0.25) is 4.79 Å². The lowest BCUT2D eigenvalue weighted by molar-refractivity contribution is -0.117. The minimum absolute atomic E-state index is 0.0833. The van der Waals surface area contributed by atoms with Crippen molar-refractivity contribution >= 4 is 23.8 Å². The van der Waals surface area contributed by atoms with Crippen molar-refractivity contribution in [3.05, 3.63) is 0 Å². The monoisotopic (exact) mass is 164 g/mol. The first-order valence-corrected chi connectivity index (χ1v) is 3.55. The second-order valence-electron chi connectivity index (χ2n) is 1.39. The predicted octanol–water partition coefficient (Wildman–Crippen LogP) is -0.0559. The first-order valence-electron chi connectivity index (χ1n) is 2.40. The number of hydrogen-bond acceptors (Lipinski definition) is 5. The number of rotatable bonds is 3. The van der Waals surface area contributed by atoms with Gasteiger partial charge in [-0.05, 0) is 0 Å². The lowest BCUT2D eigenvalue weighted by Gasteiger charge is -1.98. The second kappa shape index (κ2) is 4.92. The molecule has 0 aliphatic carbocycles. The molecule has 0 fully saturated rings. The molecule has 0 spiro atoms. The van der Waals surface area contributed by atoms with Gasteiger partial charge in [-0.25, -0.2) is 0 Å². The van der Waals surface area contributed by atoms with Gasteiger partial charge in [0.15, 0.2) is 0 Å². The van der Waals surface area contributed by atoms with E-state index in [2.05, 4.69) is 9.34 Å². The quantitative estimate of drug-likeness (QED) is 0.201. The van der Waals surface area contributed by atoms with Gasteiger partial charge in [0.25, 0.3) is 0 Å². The average molecular weight is 164 g/mol. The number of carbonyl (C=O) groups is 1. The molecule has 0 aromatic heterocycles. The zero-order valence-corrected chi connectivity index (χ0v) is 6.22. The maximum absolute atomic E-state index is 10.2. The number of nitrogens with two attached hydrogens (primary N) is 1. The highest BCUT2D eigenvalue weighted by atomic mass is 32.2. The van der Waals surface area contributed by atoms with E-state index in [-0.39, 0.29) is 12.3 Å². The summed E-state index contributed by atoms with van der Waals surface area (Å²) in [6.07, 6.45) is 1.45. The van der Waals surface area contributed by atoms with Crippen LogP contribution in [0.15, 0.2) is 5.16 Å². The van der Waals surface area contributed by atoms with Crippen LogP contribution in [0.5, 0.6) is 0 Å². The fourth-order valence-corrected chi connectivity index (χ4v) is 0.611. The Balaban J connectivity index is 3.73. The summed E-state index contributed by atoms with van der Waals surface area (Å²) in [6.45, 7) is 0. The Morgan fingerprint density at radius 1 is 1.90 bits per heavy atom. The van der Waals surface area contributed by atoms with Gasteiger partial charge in [0.1, 0.15) is 6.42 Å². The largest absolute Gasteiger partial charge is 0.408 e. The fraction of sp³-hybridized carbons (Fsp3) is 0.500. The van der Waals surface area contributed by atoms with E-state index in [9.17, 15) is 4.79 Å². The second-order valence-corrected chi connectivity index (χ2v) is 1.89. The number of hydrogen-bond donors (Lipinski definition) is 2. The van der Waals surface area contributed by atoms with Crippen LogP contribution in [0.1, 0.15) is 6.42 Å². The Kier molecular flexibility index (Phi) is 4.47. The minimum Gasteiger partial charge on any atom is -0.408 e. The predicted molar refractivity (Wildman–Crippen MR) is 37.6 cm³/mol. The molecule has 6 heteroatoms. The van der Waals surface area contributed by atoms with Gasteiger partial charge < -0.3 is 15.1 Å². The molecule has 0 radical (unpaired) electrons. The van der Waals surface area contributed by atoms with Crippen molar-refractivity contribution in [1.29, 1.82) is 0 Å². The zero-order valence-electron chi connectivity index (χ0n) is 5.40. The lowest BCUT2D eigenvalue weighted by Crippen LogP contribution is -2.16. The smallest absolute Gasteiger partial charge is 0.249 e. The van der Waals surface area contributed by atoms with Crippen molar-refractivity contribution in [3.8, 4) is 0 Å². The Bertz CT molecular complexity index is 147. The Hall–Kier alpha value is -0.910. The molecule has 0 saturated carbocycles. The zero-order chi connectivity index (χ0) is 7.98. The number of amides is 1. The van der Waals surface area contributed by atoms with E-state index in [1.807, 2.05) is 0 Å². The summed E-state index contributed by atoms with van der Waals surface area (Å²) in [5.74, 6) is -0.679. The van der Waals surface area contributed by atoms with Crippen LogP contribution in [0.4, 0.5) is 0 Å². The van der Waals surface area contributed by atoms with Gasteiger partial charge in [0.05, 0.1) is 12.0 Å². The Labute approximate surface area is 62.4 Å². The van der Waals surface area contributed by atoms with E-state index in [1.165, 1.54) is 0 Å². The van der Waals surface area contributed by atoms with Crippen molar-refractivity contribution < 1.29 is 14.2 Å². The molecule has 0 aromatic rings. The third-order valence-electron chi connectivity index (χ3n) is 0.617. The third-order valence-corrected chi connectivity index (χ3v) is 0.976. The van der Waals surface area contributed by atoms with Crippen LogP contribution in [0.2, 0.25) is 0 Å². The van der Waals surface area contributed by atoms with Crippen LogP contribution in [-0.4, -0.2) is 23.3 Å². The molecule has 0 aliphatic rings. The van der Waals surface area contributed by atoms with Crippen LogP contribution in [0, 0.1) is 0 Å². The van der Waals surface area contributed by atoms with Gasteiger partial charge in [-0.1, -0.05) is 5.16 Å². The van der Waals surface area contributed by atoms with Gasteiger partial charge >= 0.3 is 0 Å². The minimum atomic E-state index is -0.596. The third kappa shape index (κ3) is 4.02. The van der Waals surface area contributed by atoms with Crippen molar-refractivity contribution in [2.24, 2.45) is 10.9 Å². The summed E-state index contributed by atoms with van der Waals surface area (Å²) in [6, 6.07) is 0. The van der Waals surface area contributed by atoms with E-state index >= 15 is 0 Å². The van der Waals surface area contributed by atoms with E-state index < -0.39 is 5.91 Å². The SMILES string of the molecule is CSOC(CC(N)=O)=NO. The number of primary amides is 1. The molecule has 0 bridgehead atoms. The van der Waals surface area contributed by atoms with Crippen molar-refractivity contribution in [1.82, 2.24) is 0 Å². The van der Waals surface area contributed by atoms with Gasteiger partial charge in [0.2, 0.25) is 11.8 Å².